The van der Waals surface area contributed by atoms with Gasteiger partial charge in [0.15, 0.2) is 5.16 Å². The average Bonchev–Trinajstić information content (AvgIpc) is 2.68. The first-order chi connectivity index (χ1) is 14.0. The molecule has 0 fully saturated rings. The number of ether oxygens (including phenoxy) is 1. The largest absolute Gasteiger partial charge is 0.463 e. The summed E-state index contributed by atoms with van der Waals surface area (Å²) in [5, 5.41) is 3.62. The molecule has 8 heteroatoms. The van der Waals surface area contributed by atoms with Crippen LogP contribution in [-0.4, -0.2) is 28.3 Å². The molecule has 29 heavy (non-hydrogen) atoms. The Morgan fingerprint density at radius 1 is 1.28 bits per heavy atom. The van der Waals surface area contributed by atoms with Gasteiger partial charge in [0.05, 0.1) is 23.7 Å². The number of aromatic nitrogens is 2. The Labute approximate surface area is 173 Å². The number of unbranched alkanes of at least 4 members (excludes halogenated alkanes) is 1. The minimum atomic E-state index is -0.697. The maximum Gasteiger partial charge on any atom is 0.336 e. The molecule has 2 heterocycles. The maximum absolute atomic E-state index is 13.5. The summed E-state index contributed by atoms with van der Waals surface area (Å²) in [6.07, 6.45) is 2.07. The van der Waals surface area contributed by atoms with Crippen LogP contribution in [-0.2, 0) is 9.53 Å². The van der Waals surface area contributed by atoms with Gasteiger partial charge in [0.1, 0.15) is 11.6 Å². The van der Waals surface area contributed by atoms with Gasteiger partial charge in [-0.25, -0.2) is 14.2 Å². The first-order valence-electron chi connectivity index (χ1n) is 9.63. The van der Waals surface area contributed by atoms with Crippen molar-refractivity contribution in [2.75, 3.05) is 17.7 Å². The Hall–Kier alpha value is -2.61. The van der Waals surface area contributed by atoms with Crippen LogP contribution in [0, 0.1) is 5.82 Å². The number of carbonyl (C=O) groups is 1. The number of nitrogens with one attached hydrogen (secondary N) is 2. The Morgan fingerprint density at radius 2 is 2.00 bits per heavy atom. The summed E-state index contributed by atoms with van der Waals surface area (Å²) in [4.78, 5) is 33.1. The Bertz CT molecular complexity index is 986. The molecule has 0 unspecified atom stereocenters. The first-order valence-corrected chi connectivity index (χ1v) is 10.6. The number of hydrogen-bond donors (Lipinski definition) is 2. The van der Waals surface area contributed by atoms with Gasteiger partial charge < -0.3 is 15.0 Å². The standard InChI is InChI=1S/C21H24FN3O3S/c1-4-6-11-29-21-24-18-17(19(26)25-21)16(13-7-9-14(22)10-8-13)15(12(3)23-18)20(27)28-5-2/h7-10,16H,4-6,11H2,1-3H3,(H2,23,24,25,26)/t16-/m0/s1. The number of thioether (sulfide) groups is 1. The summed E-state index contributed by atoms with van der Waals surface area (Å²) in [5.41, 5.74) is 1.50. The van der Waals surface area contributed by atoms with Gasteiger partial charge in [-0.1, -0.05) is 37.2 Å². The van der Waals surface area contributed by atoms with Gasteiger partial charge in [0.2, 0.25) is 0 Å². The van der Waals surface area contributed by atoms with E-state index in [-0.39, 0.29) is 12.2 Å². The number of allylic oxidation sites excluding steroid dienone is 1. The highest BCUT2D eigenvalue weighted by Crippen LogP contribution is 2.40. The smallest absolute Gasteiger partial charge is 0.336 e. The number of rotatable bonds is 7. The number of fused-ring (bicyclic) bond motifs is 1. The molecule has 3 rings (SSSR count). The van der Waals surface area contributed by atoms with Crippen molar-refractivity contribution in [3.63, 3.8) is 0 Å². The van der Waals surface area contributed by atoms with Gasteiger partial charge in [-0.05, 0) is 38.0 Å². The molecule has 0 saturated heterocycles. The summed E-state index contributed by atoms with van der Waals surface area (Å²) >= 11 is 1.48. The number of aromatic amines is 1. The molecule has 1 aromatic heterocycles. The molecule has 2 aromatic rings. The van der Waals surface area contributed by atoms with Crippen molar-refractivity contribution in [3.05, 3.63) is 62.8 Å². The lowest BCUT2D eigenvalue weighted by Crippen LogP contribution is -2.31. The summed E-state index contributed by atoms with van der Waals surface area (Å²) < 4.78 is 18.7. The molecular weight excluding hydrogens is 393 g/mol. The van der Waals surface area contributed by atoms with E-state index in [0.717, 1.165) is 18.6 Å². The van der Waals surface area contributed by atoms with Crippen molar-refractivity contribution in [1.82, 2.24) is 9.97 Å². The van der Waals surface area contributed by atoms with Crippen molar-refractivity contribution in [2.24, 2.45) is 0 Å². The van der Waals surface area contributed by atoms with E-state index in [9.17, 15) is 14.0 Å². The van der Waals surface area contributed by atoms with Crippen LogP contribution in [0.3, 0.4) is 0 Å². The van der Waals surface area contributed by atoms with Crippen LogP contribution < -0.4 is 10.9 Å². The summed E-state index contributed by atoms with van der Waals surface area (Å²) in [7, 11) is 0. The number of esters is 1. The zero-order chi connectivity index (χ0) is 21.0. The van der Waals surface area contributed by atoms with E-state index in [0.29, 0.717) is 33.4 Å². The molecule has 0 spiro atoms. The second kappa shape index (κ2) is 9.26. The third kappa shape index (κ3) is 4.53. The van der Waals surface area contributed by atoms with Crippen molar-refractivity contribution in [3.8, 4) is 0 Å². The van der Waals surface area contributed by atoms with Crippen LogP contribution in [0.1, 0.15) is 50.7 Å². The number of anilines is 1. The van der Waals surface area contributed by atoms with E-state index in [1.54, 1.807) is 26.0 Å². The van der Waals surface area contributed by atoms with Crippen LogP contribution >= 0.6 is 11.8 Å². The Balaban J connectivity index is 2.12. The van der Waals surface area contributed by atoms with Gasteiger partial charge in [0.25, 0.3) is 5.56 Å². The molecule has 1 atom stereocenters. The van der Waals surface area contributed by atoms with E-state index in [2.05, 4.69) is 22.2 Å². The fourth-order valence-corrected chi connectivity index (χ4v) is 4.23. The first kappa shape index (κ1) is 21.1. The van der Waals surface area contributed by atoms with E-state index in [1.165, 1.54) is 23.9 Å². The quantitative estimate of drug-likeness (QED) is 0.304. The molecule has 0 bridgehead atoms. The number of halogens is 1. The molecule has 1 aromatic carbocycles. The van der Waals surface area contributed by atoms with E-state index in [1.807, 2.05) is 0 Å². The van der Waals surface area contributed by atoms with Crippen LogP contribution in [0.5, 0.6) is 0 Å². The van der Waals surface area contributed by atoms with Gasteiger partial charge >= 0.3 is 5.97 Å². The van der Waals surface area contributed by atoms with Crippen LogP contribution in [0.15, 0.2) is 45.5 Å². The second-order valence-corrected chi connectivity index (χ2v) is 7.79. The molecule has 0 aliphatic carbocycles. The monoisotopic (exact) mass is 417 g/mol. The van der Waals surface area contributed by atoms with Crippen LogP contribution in [0.4, 0.5) is 10.2 Å². The normalized spacial score (nSPS) is 15.7. The van der Waals surface area contributed by atoms with Crippen LogP contribution in [0.2, 0.25) is 0 Å². The minimum absolute atomic E-state index is 0.209. The van der Waals surface area contributed by atoms with Gasteiger partial charge in [0, 0.05) is 11.4 Å². The zero-order valence-corrected chi connectivity index (χ0v) is 17.5. The molecule has 0 amide bonds. The predicted molar refractivity (Wildman–Crippen MR) is 112 cm³/mol. The molecule has 2 N–H and O–H groups in total. The highest BCUT2D eigenvalue weighted by atomic mass is 32.2. The summed E-state index contributed by atoms with van der Waals surface area (Å²) in [6, 6.07) is 5.77. The molecule has 1 aliphatic rings. The molecule has 1 aliphatic heterocycles. The predicted octanol–water partition coefficient (Wildman–Crippen LogP) is 4.20. The summed E-state index contributed by atoms with van der Waals surface area (Å²) in [5.74, 6) is -0.346. The zero-order valence-electron chi connectivity index (χ0n) is 16.7. The fraction of sp³-hybridized carbons (Fsp3) is 0.381. The number of benzene rings is 1. The molecule has 0 saturated carbocycles. The topological polar surface area (TPSA) is 84.1 Å². The van der Waals surface area contributed by atoms with E-state index >= 15 is 0 Å². The Kier molecular flexibility index (Phi) is 6.74. The summed E-state index contributed by atoms with van der Waals surface area (Å²) in [6.45, 7) is 5.78. The van der Waals surface area contributed by atoms with Crippen molar-refractivity contribution in [1.29, 1.82) is 0 Å². The number of hydrogen-bond acceptors (Lipinski definition) is 6. The van der Waals surface area contributed by atoms with Gasteiger partial charge in [-0.3, -0.25) is 4.79 Å². The molecule has 6 nitrogen and oxygen atoms in total. The maximum atomic E-state index is 13.5. The van der Waals surface area contributed by atoms with Crippen LogP contribution in [0.25, 0.3) is 0 Å². The van der Waals surface area contributed by atoms with Crippen molar-refractivity contribution < 1.29 is 13.9 Å². The highest BCUT2D eigenvalue weighted by Gasteiger charge is 2.36. The van der Waals surface area contributed by atoms with Crippen molar-refractivity contribution >= 4 is 23.5 Å². The minimum Gasteiger partial charge on any atom is -0.463 e. The van der Waals surface area contributed by atoms with Gasteiger partial charge in [-0.15, -0.1) is 0 Å². The number of carbonyl (C=O) groups excluding carboxylic acids is 1. The van der Waals surface area contributed by atoms with E-state index < -0.39 is 17.7 Å². The number of nitrogens with zero attached hydrogens (tertiary/aromatic N) is 1. The fourth-order valence-electron chi connectivity index (χ4n) is 3.28. The van der Waals surface area contributed by atoms with E-state index in [4.69, 9.17) is 4.74 Å². The van der Waals surface area contributed by atoms with Gasteiger partial charge in [-0.2, -0.15) is 0 Å². The lowest BCUT2D eigenvalue weighted by molar-refractivity contribution is -0.138. The lowest BCUT2D eigenvalue weighted by atomic mass is 9.82. The third-order valence-corrected chi connectivity index (χ3v) is 5.62. The second-order valence-electron chi connectivity index (χ2n) is 6.70. The SMILES string of the molecule is CCCCSc1nc2c(c(=O)[nH]1)[C@@H](c1ccc(F)cc1)C(C(=O)OCC)=C(C)N2. The third-order valence-electron chi connectivity index (χ3n) is 4.66. The lowest BCUT2D eigenvalue weighted by Gasteiger charge is -2.28. The molecule has 154 valence electrons. The average molecular weight is 418 g/mol. The molecule has 0 radical (unpaired) electrons. The van der Waals surface area contributed by atoms with Crippen molar-refractivity contribution in [2.45, 2.75) is 44.7 Å². The highest BCUT2D eigenvalue weighted by molar-refractivity contribution is 7.99. The molecular formula is C21H24FN3O3S. The Morgan fingerprint density at radius 3 is 2.66 bits per heavy atom. The number of H-pyrrole nitrogens is 1.